The third-order valence-electron chi connectivity index (χ3n) is 6.53. The number of thiophene rings is 1. The van der Waals surface area contributed by atoms with Crippen molar-refractivity contribution in [2.75, 3.05) is 10.2 Å². The molecule has 1 aromatic carbocycles. The average molecular weight is 476 g/mol. The Morgan fingerprint density at radius 3 is 2.94 bits per heavy atom. The van der Waals surface area contributed by atoms with E-state index >= 15 is 0 Å². The number of rotatable bonds is 6. The minimum Gasteiger partial charge on any atom is -0.445 e. The Kier molecular flexibility index (Phi) is 5.29. The molecule has 5 heterocycles. The minimum atomic E-state index is -0.383. The first-order valence-corrected chi connectivity index (χ1v) is 12.3. The maximum absolute atomic E-state index is 12.5. The van der Waals surface area contributed by atoms with E-state index in [2.05, 4.69) is 25.7 Å². The van der Waals surface area contributed by atoms with Crippen LogP contribution in [0.5, 0.6) is 0 Å². The van der Waals surface area contributed by atoms with Crippen molar-refractivity contribution in [1.82, 2.24) is 25.5 Å². The molecule has 1 amide bonds. The van der Waals surface area contributed by atoms with E-state index in [4.69, 9.17) is 14.7 Å². The molecule has 2 saturated heterocycles. The van der Waals surface area contributed by atoms with Gasteiger partial charge < -0.3 is 20.3 Å². The molecule has 0 unspecified atom stereocenters. The van der Waals surface area contributed by atoms with E-state index in [0.717, 1.165) is 52.4 Å². The Morgan fingerprint density at radius 1 is 1.24 bits per heavy atom. The number of aryl methyl sites for hydroxylation is 1. The van der Waals surface area contributed by atoms with Gasteiger partial charge in [0.15, 0.2) is 11.6 Å². The number of benzene rings is 1. The summed E-state index contributed by atoms with van der Waals surface area (Å²) in [5.41, 5.74) is 2.85. The normalized spacial score (nSPS) is 21.2. The molecule has 6 rings (SSSR count). The van der Waals surface area contributed by atoms with Crippen molar-refractivity contribution < 1.29 is 9.53 Å². The van der Waals surface area contributed by atoms with Crippen molar-refractivity contribution >= 4 is 45.2 Å². The monoisotopic (exact) mass is 475 g/mol. The number of nitrogens with zero attached hydrogens (tertiary/aromatic N) is 4. The molecule has 0 radical (unpaired) electrons. The molecule has 0 aliphatic carbocycles. The summed E-state index contributed by atoms with van der Waals surface area (Å²) in [7, 11) is 0. The average Bonchev–Trinajstić information content (AvgIpc) is 3.62. The lowest BCUT2D eigenvalue weighted by atomic mass is 9.96. The van der Waals surface area contributed by atoms with E-state index in [0.29, 0.717) is 12.0 Å². The van der Waals surface area contributed by atoms with Gasteiger partial charge in [0.05, 0.1) is 22.3 Å². The Labute approximate surface area is 200 Å². The zero-order chi connectivity index (χ0) is 23.1. The highest BCUT2D eigenvalue weighted by atomic mass is 32.1. The molecule has 2 fully saturated rings. The van der Waals surface area contributed by atoms with Gasteiger partial charge in [0, 0.05) is 17.8 Å². The van der Waals surface area contributed by atoms with E-state index < -0.39 is 0 Å². The number of amides is 1. The fourth-order valence-electron chi connectivity index (χ4n) is 5.03. The number of hydrogen-bond donors (Lipinski definition) is 3. The van der Waals surface area contributed by atoms with Gasteiger partial charge in [-0.2, -0.15) is 10.1 Å². The summed E-state index contributed by atoms with van der Waals surface area (Å²) >= 11 is 1.60. The molecule has 3 N–H and O–H groups in total. The minimum absolute atomic E-state index is 0.00851. The van der Waals surface area contributed by atoms with Crippen LogP contribution in [0.4, 0.5) is 22.4 Å². The highest BCUT2D eigenvalue weighted by Crippen LogP contribution is 2.41. The molecular formula is C24H25N7O2S. The summed E-state index contributed by atoms with van der Waals surface area (Å²) in [6, 6.07) is 14.1. The smallest absolute Gasteiger partial charge is 0.407 e. The van der Waals surface area contributed by atoms with Crippen LogP contribution in [0.25, 0.3) is 10.2 Å². The second-order valence-electron chi connectivity index (χ2n) is 8.82. The SMILES string of the molecule is Cc1cc(Nc2nc(N3[C@H]4CC[C@@H]3[C@@H](NC(=O)OCc3ccccc3)C4)nc3ccsc23)n[nH]1. The summed E-state index contributed by atoms with van der Waals surface area (Å²) in [6.07, 6.45) is 2.53. The molecule has 0 spiro atoms. The molecular weight excluding hydrogens is 450 g/mol. The van der Waals surface area contributed by atoms with Crippen molar-refractivity contribution in [1.29, 1.82) is 0 Å². The van der Waals surface area contributed by atoms with Gasteiger partial charge in [-0.25, -0.2) is 9.78 Å². The van der Waals surface area contributed by atoms with Gasteiger partial charge in [0.2, 0.25) is 5.95 Å². The lowest BCUT2D eigenvalue weighted by Crippen LogP contribution is -2.44. The number of carbonyl (C=O) groups excluding carboxylic acids is 1. The van der Waals surface area contributed by atoms with Gasteiger partial charge in [-0.15, -0.1) is 11.3 Å². The van der Waals surface area contributed by atoms with E-state index in [1.807, 2.05) is 54.8 Å². The molecule has 3 aromatic heterocycles. The lowest BCUT2D eigenvalue weighted by Gasteiger charge is -2.25. The fourth-order valence-corrected chi connectivity index (χ4v) is 5.80. The third-order valence-corrected chi connectivity index (χ3v) is 7.44. The number of H-pyrrole nitrogens is 1. The van der Waals surface area contributed by atoms with Crippen LogP contribution in [0, 0.1) is 6.92 Å². The number of nitrogens with one attached hydrogen (secondary N) is 3. The first-order chi connectivity index (χ1) is 16.6. The van der Waals surface area contributed by atoms with Crippen LogP contribution >= 0.6 is 11.3 Å². The number of ether oxygens (including phenoxy) is 1. The Bertz CT molecular complexity index is 1320. The van der Waals surface area contributed by atoms with Crippen LogP contribution in [0.1, 0.15) is 30.5 Å². The van der Waals surface area contributed by atoms with Crippen molar-refractivity contribution in [2.24, 2.45) is 0 Å². The van der Waals surface area contributed by atoms with Crippen LogP contribution in [0.2, 0.25) is 0 Å². The first kappa shape index (κ1) is 20.9. The molecule has 34 heavy (non-hydrogen) atoms. The molecule has 9 nitrogen and oxygen atoms in total. The maximum atomic E-state index is 12.5. The zero-order valence-corrected chi connectivity index (χ0v) is 19.5. The van der Waals surface area contributed by atoms with Gasteiger partial charge in [0.1, 0.15) is 6.61 Å². The van der Waals surface area contributed by atoms with Gasteiger partial charge in [0.25, 0.3) is 0 Å². The Morgan fingerprint density at radius 2 is 2.12 bits per heavy atom. The number of anilines is 3. The zero-order valence-electron chi connectivity index (χ0n) is 18.7. The number of aromatic nitrogens is 4. The predicted octanol–water partition coefficient (Wildman–Crippen LogP) is 4.50. The second-order valence-corrected chi connectivity index (χ2v) is 9.74. The van der Waals surface area contributed by atoms with Crippen LogP contribution < -0.4 is 15.5 Å². The fraction of sp³-hybridized carbons (Fsp3) is 0.333. The molecule has 2 aliphatic heterocycles. The standard InChI is InChI=1S/C24H25N7O2S/c1-14-11-20(30-29-14)27-22-21-17(9-10-34-21)25-23(28-22)31-16-7-8-19(31)18(12-16)26-24(32)33-13-15-5-3-2-4-6-15/h2-6,9-11,16,18-19H,7-8,12-13H2,1H3,(H,26,32)(H2,25,27,28,29,30)/t16-,18-,19+/m0/s1. The van der Waals surface area contributed by atoms with Crippen LogP contribution in [0.15, 0.2) is 47.8 Å². The quantitative estimate of drug-likeness (QED) is 0.377. The van der Waals surface area contributed by atoms with Crippen molar-refractivity contribution in [3.8, 4) is 0 Å². The van der Waals surface area contributed by atoms with Gasteiger partial charge in [-0.1, -0.05) is 30.3 Å². The summed E-state index contributed by atoms with van der Waals surface area (Å²) in [5, 5.41) is 15.7. The summed E-state index contributed by atoms with van der Waals surface area (Å²) in [4.78, 5) is 24.5. The lowest BCUT2D eigenvalue weighted by molar-refractivity contribution is 0.134. The Hall–Kier alpha value is -3.66. The van der Waals surface area contributed by atoms with Crippen LogP contribution in [0.3, 0.4) is 0 Å². The highest BCUT2D eigenvalue weighted by Gasteiger charge is 2.48. The topological polar surface area (TPSA) is 108 Å². The van der Waals surface area contributed by atoms with E-state index in [1.54, 1.807) is 11.3 Å². The van der Waals surface area contributed by atoms with E-state index in [9.17, 15) is 4.79 Å². The van der Waals surface area contributed by atoms with Gasteiger partial charge >= 0.3 is 6.09 Å². The summed E-state index contributed by atoms with van der Waals surface area (Å²) < 4.78 is 6.45. The number of alkyl carbamates (subject to hydrolysis) is 1. The van der Waals surface area contributed by atoms with Gasteiger partial charge in [-0.05, 0) is 43.2 Å². The molecule has 2 bridgehead atoms. The number of aromatic amines is 1. The second kappa shape index (κ2) is 8.60. The molecule has 2 aliphatic rings. The molecule has 10 heteroatoms. The van der Waals surface area contributed by atoms with Crippen LogP contribution in [-0.4, -0.2) is 44.4 Å². The molecule has 0 saturated carbocycles. The largest absolute Gasteiger partial charge is 0.445 e. The van der Waals surface area contributed by atoms with Crippen molar-refractivity contribution in [2.45, 2.75) is 50.9 Å². The van der Waals surface area contributed by atoms with Crippen molar-refractivity contribution in [3.63, 3.8) is 0 Å². The molecule has 3 atom stereocenters. The highest BCUT2D eigenvalue weighted by molar-refractivity contribution is 7.17. The Balaban J connectivity index is 1.19. The number of hydrogen-bond acceptors (Lipinski definition) is 8. The van der Waals surface area contributed by atoms with Crippen molar-refractivity contribution in [3.05, 3.63) is 59.1 Å². The number of fused-ring (bicyclic) bond motifs is 3. The maximum Gasteiger partial charge on any atom is 0.407 e. The third kappa shape index (κ3) is 3.94. The summed E-state index contributed by atoms with van der Waals surface area (Å²) in [5.74, 6) is 2.16. The molecule has 4 aromatic rings. The molecule has 174 valence electrons. The number of carbonyl (C=O) groups is 1. The van der Waals surface area contributed by atoms with Gasteiger partial charge in [-0.3, -0.25) is 5.10 Å². The van der Waals surface area contributed by atoms with E-state index in [1.165, 1.54) is 0 Å². The predicted molar refractivity (Wildman–Crippen MR) is 131 cm³/mol. The first-order valence-electron chi connectivity index (χ1n) is 11.4. The van der Waals surface area contributed by atoms with Crippen LogP contribution in [-0.2, 0) is 11.3 Å². The summed E-state index contributed by atoms with van der Waals surface area (Å²) in [6.45, 7) is 2.22. The van der Waals surface area contributed by atoms with E-state index in [-0.39, 0.29) is 24.8 Å².